The maximum Gasteiger partial charge on any atom is 0.212 e. The lowest BCUT2D eigenvalue weighted by Gasteiger charge is -2.06. The van der Waals surface area contributed by atoms with E-state index < -0.39 is 5.95 Å². The molecule has 0 bridgehead atoms. The van der Waals surface area contributed by atoms with Crippen molar-refractivity contribution in [1.82, 2.24) is 19.7 Å². The molecule has 4 nitrogen and oxygen atoms in total. The van der Waals surface area contributed by atoms with Gasteiger partial charge in [-0.3, -0.25) is 9.67 Å². The second kappa shape index (κ2) is 5.85. The molecule has 0 N–H and O–H groups in total. The molecule has 0 aliphatic heterocycles. The van der Waals surface area contributed by atoms with E-state index in [1.807, 2.05) is 16.9 Å². The van der Waals surface area contributed by atoms with E-state index in [1.165, 1.54) is 17.8 Å². The van der Waals surface area contributed by atoms with Crippen LogP contribution in [0, 0.1) is 12.9 Å². The lowest BCUT2D eigenvalue weighted by Crippen LogP contribution is -2.02. The van der Waals surface area contributed by atoms with Crippen LogP contribution in [0.1, 0.15) is 11.1 Å². The lowest BCUT2D eigenvalue weighted by molar-refractivity contribution is 0.580. The van der Waals surface area contributed by atoms with Gasteiger partial charge in [-0.2, -0.15) is 9.49 Å². The van der Waals surface area contributed by atoms with Gasteiger partial charge in [0.1, 0.15) is 5.52 Å². The number of pyridine rings is 2. The highest BCUT2D eigenvalue weighted by atomic mass is 19.1. The number of rotatable bonds is 3. The number of hydrogen-bond acceptors (Lipinski definition) is 3. The van der Waals surface area contributed by atoms with Crippen LogP contribution >= 0.6 is 0 Å². The summed E-state index contributed by atoms with van der Waals surface area (Å²) in [4.78, 5) is 8.20. The fraction of sp³-hybridized carbons (Fsp3) is 0.105. The van der Waals surface area contributed by atoms with Crippen LogP contribution in [0.2, 0.25) is 0 Å². The Labute approximate surface area is 138 Å². The first-order valence-corrected chi connectivity index (χ1v) is 7.68. The van der Waals surface area contributed by atoms with Crippen molar-refractivity contribution in [2.45, 2.75) is 13.5 Å². The molecule has 0 fully saturated rings. The number of nitrogens with zero attached hydrogens (tertiary/aromatic N) is 4. The highest BCUT2D eigenvalue weighted by Crippen LogP contribution is 2.23. The van der Waals surface area contributed by atoms with Crippen molar-refractivity contribution in [2.75, 3.05) is 0 Å². The van der Waals surface area contributed by atoms with Crippen LogP contribution in [0.15, 0.2) is 61.1 Å². The average Bonchev–Trinajstić information content (AvgIpc) is 2.99. The van der Waals surface area contributed by atoms with Gasteiger partial charge in [0.25, 0.3) is 0 Å². The Bertz CT molecular complexity index is 1010. The summed E-state index contributed by atoms with van der Waals surface area (Å²) in [6.07, 6.45) is 5.13. The SMILES string of the molecule is Cc1cccc(-c2cnc3cnn(Cc4ccc(F)nc4)c3c2)c1. The molecule has 4 rings (SSSR count). The molecule has 0 aliphatic rings. The smallest absolute Gasteiger partial charge is 0.212 e. The number of aryl methyl sites for hydroxylation is 1. The zero-order chi connectivity index (χ0) is 16.5. The summed E-state index contributed by atoms with van der Waals surface area (Å²) in [7, 11) is 0. The second-order valence-electron chi connectivity index (χ2n) is 5.79. The van der Waals surface area contributed by atoms with Crippen molar-refractivity contribution in [3.8, 4) is 11.1 Å². The Kier molecular flexibility index (Phi) is 3.54. The molecular formula is C19H15FN4. The predicted molar refractivity (Wildman–Crippen MR) is 91.0 cm³/mol. The minimum absolute atomic E-state index is 0.479. The summed E-state index contributed by atoms with van der Waals surface area (Å²) in [5, 5.41) is 4.40. The highest BCUT2D eigenvalue weighted by molar-refractivity contribution is 5.80. The molecule has 0 radical (unpaired) electrons. The fourth-order valence-electron chi connectivity index (χ4n) is 2.74. The van der Waals surface area contributed by atoms with Gasteiger partial charge in [0, 0.05) is 18.0 Å². The van der Waals surface area contributed by atoms with Crippen LogP contribution in [-0.2, 0) is 6.54 Å². The van der Waals surface area contributed by atoms with Crippen molar-refractivity contribution in [2.24, 2.45) is 0 Å². The predicted octanol–water partition coefficient (Wildman–Crippen LogP) is 3.99. The Morgan fingerprint density at radius 3 is 2.67 bits per heavy atom. The van der Waals surface area contributed by atoms with E-state index >= 15 is 0 Å². The van der Waals surface area contributed by atoms with E-state index in [4.69, 9.17) is 0 Å². The van der Waals surface area contributed by atoms with E-state index in [-0.39, 0.29) is 0 Å². The topological polar surface area (TPSA) is 43.6 Å². The van der Waals surface area contributed by atoms with Crippen LogP contribution in [0.3, 0.4) is 0 Å². The number of hydrogen-bond donors (Lipinski definition) is 0. The fourth-order valence-corrected chi connectivity index (χ4v) is 2.74. The minimum Gasteiger partial charge on any atom is -0.259 e. The summed E-state index contributed by atoms with van der Waals surface area (Å²) in [5.74, 6) is -0.479. The summed E-state index contributed by atoms with van der Waals surface area (Å²) in [6, 6.07) is 13.5. The van der Waals surface area contributed by atoms with Gasteiger partial charge in [0.2, 0.25) is 5.95 Å². The van der Waals surface area contributed by atoms with Crippen molar-refractivity contribution in [1.29, 1.82) is 0 Å². The van der Waals surface area contributed by atoms with Crippen LogP contribution in [-0.4, -0.2) is 19.7 Å². The van der Waals surface area contributed by atoms with Crippen molar-refractivity contribution < 1.29 is 4.39 Å². The van der Waals surface area contributed by atoms with E-state index in [0.29, 0.717) is 6.54 Å². The molecular weight excluding hydrogens is 303 g/mol. The molecule has 0 atom stereocenters. The molecule has 3 heterocycles. The van der Waals surface area contributed by atoms with Gasteiger partial charge in [-0.25, -0.2) is 4.98 Å². The van der Waals surface area contributed by atoms with Gasteiger partial charge in [0.15, 0.2) is 0 Å². The van der Waals surface area contributed by atoms with Gasteiger partial charge < -0.3 is 0 Å². The average molecular weight is 318 g/mol. The molecule has 0 amide bonds. The minimum atomic E-state index is -0.479. The monoisotopic (exact) mass is 318 g/mol. The third kappa shape index (κ3) is 2.76. The van der Waals surface area contributed by atoms with Crippen molar-refractivity contribution in [3.05, 3.63) is 78.1 Å². The van der Waals surface area contributed by atoms with Crippen LogP contribution in [0.25, 0.3) is 22.2 Å². The molecule has 0 spiro atoms. The Hall–Kier alpha value is -3.08. The third-order valence-electron chi connectivity index (χ3n) is 3.97. The van der Waals surface area contributed by atoms with Crippen LogP contribution in [0.4, 0.5) is 4.39 Å². The molecule has 3 aromatic heterocycles. The molecule has 1 aromatic carbocycles. The zero-order valence-corrected chi connectivity index (χ0v) is 13.1. The largest absolute Gasteiger partial charge is 0.259 e. The Morgan fingerprint density at radius 2 is 1.88 bits per heavy atom. The molecule has 0 saturated heterocycles. The maximum atomic E-state index is 12.9. The summed E-state index contributed by atoms with van der Waals surface area (Å²) in [6.45, 7) is 2.59. The standard InChI is InChI=1S/C19H15FN4/c1-13-3-2-4-15(7-13)16-8-18-17(21-10-16)11-23-24(18)12-14-5-6-19(20)22-9-14/h2-11H,12H2,1H3. The summed E-state index contributed by atoms with van der Waals surface area (Å²) < 4.78 is 14.8. The maximum absolute atomic E-state index is 12.9. The molecule has 0 unspecified atom stereocenters. The lowest BCUT2D eigenvalue weighted by atomic mass is 10.1. The van der Waals surface area contributed by atoms with Gasteiger partial charge in [-0.15, -0.1) is 0 Å². The Balaban J connectivity index is 1.74. The van der Waals surface area contributed by atoms with Gasteiger partial charge in [-0.05, 0) is 30.2 Å². The van der Waals surface area contributed by atoms with Crippen molar-refractivity contribution >= 4 is 11.0 Å². The molecule has 24 heavy (non-hydrogen) atoms. The third-order valence-corrected chi connectivity index (χ3v) is 3.97. The zero-order valence-electron chi connectivity index (χ0n) is 13.1. The number of halogens is 1. The molecule has 0 aliphatic carbocycles. The van der Waals surface area contributed by atoms with Crippen LogP contribution < -0.4 is 0 Å². The van der Waals surface area contributed by atoms with Crippen LogP contribution in [0.5, 0.6) is 0 Å². The van der Waals surface area contributed by atoms with Gasteiger partial charge in [0.05, 0.1) is 18.3 Å². The molecule has 0 saturated carbocycles. The summed E-state index contributed by atoms with van der Waals surface area (Å²) in [5.41, 5.74) is 6.05. The van der Waals surface area contributed by atoms with Gasteiger partial charge in [-0.1, -0.05) is 35.9 Å². The quantitative estimate of drug-likeness (QED) is 0.536. The number of fused-ring (bicyclic) bond motifs is 1. The first-order valence-electron chi connectivity index (χ1n) is 7.68. The van der Waals surface area contributed by atoms with Gasteiger partial charge >= 0.3 is 0 Å². The normalized spacial score (nSPS) is 11.1. The van der Waals surface area contributed by atoms with E-state index in [1.54, 1.807) is 12.3 Å². The molecule has 4 aromatic rings. The molecule has 118 valence electrons. The van der Waals surface area contributed by atoms with E-state index in [2.05, 4.69) is 46.3 Å². The van der Waals surface area contributed by atoms with E-state index in [0.717, 1.165) is 27.7 Å². The summed E-state index contributed by atoms with van der Waals surface area (Å²) >= 11 is 0. The Morgan fingerprint density at radius 1 is 0.958 bits per heavy atom. The first-order chi connectivity index (χ1) is 11.7. The first kappa shape index (κ1) is 14.5. The highest BCUT2D eigenvalue weighted by Gasteiger charge is 2.08. The second-order valence-corrected chi connectivity index (χ2v) is 5.79. The van der Waals surface area contributed by atoms with Crippen molar-refractivity contribution in [3.63, 3.8) is 0 Å². The molecule has 5 heteroatoms. The van der Waals surface area contributed by atoms with E-state index in [9.17, 15) is 4.39 Å². The number of aromatic nitrogens is 4. The number of benzene rings is 1.